The Morgan fingerprint density at radius 2 is 1.76 bits per heavy atom. The normalized spacial score (nSPS) is 11.4. The Kier molecular flexibility index (Phi) is 6.28. The molecule has 2 rings (SSSR count). The van der Waals surface area contributed by atoms with Crippen molar-refractivity contribution in [2.45, 2.75) is 25.8 Å². The van der Waals surface area contributed by atoms with E-state index >= 15 is 0 Å². The fraction of sp³-hybridized carbons (Fsp3) is 0.211. The topological polar surface area (TPSA) is 95.5 Å². The van der Waals surface area contributed by atoms with Crippen molar-refractivity contribution < 1.29 is 19.5 Å². The molecule has 0 aliphatic heterocycles. The first-order valence-electron chi connectivity index (χ1n) is 7.97. The number of carbonyl (C=O) groups excluding carboxylic acids is 2. The Bertz CT molecular complexity index is 759. The molecule has 6 heteroatoms. The smallest absolute Gasteiger partial charge is 0.326 e. The fourth-order valence-electron chi connectivity index (χ4n) is 2.28. The van der Waals surface area contributed by atoms with E-state index in [1.165, 1.54) is 6.07 Å². The Labute approximate surface area is 145 Å². The minimum atomic E-state index is -1.10. The van der Waals surface area contributed by atoms with E-state index in [2.05, 4.69) is 10.6 Å². The first-order chi connectivity index (χ1) is 12.0. The van der Waals surface area contributed by atoms with Gasteiger partial charge < -0.3 is 15.7 Å². The predicted octanol–water partition coefficient (Wildman–Crippen LogP) is 2.46. The standard InChI is InChI=1S/C19H20N2O4/c1-2-17(22)20-15-10-6-9-14(12-15)18(23)21-16(19(24)25)11-13-7-4-3-5-8-13/h3-10,12,16H,2,11H2,1H3,(H,20,22)(H,21,23)(H,24,25). The first kappa shape index (κ1) is 18.2. The molecule has 2 aromatic carbocycles. The van der Waals surface area contributed by atoms with Crippen LogP contribution in [0.3, 0.4) is 0 Å². The molecule has 3 N–H and O–H groups in total. The van der Waals surface area contributed by atoms with Gasteiger partial charge in [-0.05, 0) is 23.8 Å². The lowest BCUT2D eigenvalue weighted by Crippen LogP contribution is -2.42. The second-order valence-corrected chi connectivity index (χ2v) is 5.54. The monoisotopic (exact) mass is 340 g/mol. The Morgan fingerprint density at radius 3 is 2.40 bits per heavy atom. The van der Waals surface area contributed by atoms with Crippen LogP contribution in [-0.4, -0.2) is 28.9 Å². The van der Waals surface area contributed by atoms with Gasteiger partial charge in [0.1, 0.15) is 6.04 Å². The van der Waals surface area contributed by atoms with Gasteiger partial charge in [0.05, 0.1) is 0 Å². The van der Waals surface area contributed by atoms with Crippen LogP contribution in [-0.2, 0) is 16.0 Å². The highest BCUT2D eigenvalue weighted by Crippen LogP contribution is 2.12. The molecule has 0 saturated heterocycles. The van der Waals surface area contributed by atoms with E-state index in [9.17, 15) is 19.5 Å². The van der Waals surface area contributed by atoms with Gasteiger partial charge in [-0.15, -0.1) is 0 Å². The number of carboxylic acid groups (broad SMARTS) is 1. The van der Waals surface area contributed by atoms with Crippen molar-refractivity contribution in [3.05, 3.63) is 65.7 Å². The van der Waals surface area contributed by atoms with E-state index in [0.717, 1.165) is 5.56 Å². The summed E-state index contributed by atoms with van der Waals surface area (Å²) in [5, 5.41) is 14.6. The minimum absolute atomic E-state index is 0.162. The van der Waals surface area contributed by atoms with Gasteiger partial charge in [0.15, 0.2) is 0 Å². The SMILES string of the molecule is CCC(=O)Nc1cccc(C(=O)NC(Cc2ccccc2)C(=O)O)c1. The third kappa shape index (κ3) is 5.46. The Morgan fingerprint density at radius 1 is 1.04 bits per heavy atom. The molecule has 2 amide bonds. The molecular formula is C19H20N2O4. The van der Waals surface area contributed by atoms with Crippen LogP contribution in [0, 0.1) is 0 Å². The average Bonchev–Trinajstić information content (AvgIpc) is 2.62. The van der Waals surface area contributed by atoms with Crippen molar-refractivity contribution in [3.8, 4) is 0 Å². The van der Waals surface area contributed by atoms with E-state index < -0.39 is 17.9 Å². The highest BCUT2D eigenvalue weighted by Gasteiger charge is 2.21. The van der Waals surface area contributed by atoms with Crippen molar-refractivity contribution in [1.29, 1.82) is 0 Å². The molecule has 130 valence electrons. The fourth-order valence-corrected chi connectivity index (χ4v) is 2.28. The van der Waals surface area contributed by atoms with Crippen molar-refractivity contribution in [2.24, 2.45) is 0 Å². The predicted molar refractivity (Wildman–Crippen MR) is 94.4 cm³/mol. The molecule has 2 aromatic rings. The second-order valence-electron chi connectivity index (χ2n) is 5.54. The van der Waals surface area contributed by atoms with Gasteiger partial charge in [-0.2, -0.15) is 0 Å². The molecule has 0 heterocycles. The lowest BCUT2D eigenvalue weighted by atomic mass is 10.1. The summed E-state index contributed by atoms with van der Waals surface area (Å²) in [6.45, 7) is 1.73. The zero-order valence-corrected chi connectivity index (χ0v) is 13.9. The molecule has 0 spiro atoms. The highest BCUT2D eigenvalue weighted by molar-refractivity contribution is 5.98. The van der Waals surface area contributed by atoms with E-state index in [1.54, 1.807) is 25.1 Å². The van der Waals surface area contributed by atoms with E-state index in [1.807, 2.05) is 30.3 Å². The molecule has 0 radical (unpaired) electrons. The van der Waals surface area contributed by atoms with Crippen LogP contribution in [0.2, 0.25) is 0 Å². The summed E-state index contributed by atoms with van der Waals surface area (Å²) in [5.41, 5.74) is 1.60. The van der Waals surface area contributed by atoms with Crippen LogP contribution in [0.4, 0.5) is 5.69 Å². The lowest BCUT2D eigenvalue weighted by Gasteiger charge is -2.15. The van der Waals surface area contributed by atoms with Crippen LogP contribution in [0.5, 0.6) is 0 Å². The van der Waals surface area contributed by atoms with Crippen LogP contribution in [0.15, 0.2) is 54.6 Å². The number of nitrogens with one attached hydrogen (secondary N) is 2. The zero-order valence-electron chi connectivity index (χ0n) is 13.9. The van der Waals surface area contributed by atoms with Gasteiger partial charge >= 0.3 is 5.97 Å². The molecule has 0 fully saturated rings. The molecule has 1 atom stereocenters. The third-order valence-corrected chi connectivity index (χ3v) is 3.62. The zero-order chi connectivity index (χ0) is 18.2. The Hall–Kier alpha value is -3.15. The van der Waals surface area contributed by atoms with Gasteiger partial charge in [0.25, 0.3) is 5.91 Å². The number of aliphatic carboxylic acids is 1. The molecule has 0 aliphatic carbocycles. The summed E-state index contributed by atoms with van der Waals surface area (Å²) in [6, 6.07) is 14.4. The highest BCUT2D eigenvalue weighted by atomic mass is 16.4. The molecule has 0 aliphatic rings. The van der Waals surface area contributed by atoms with E-state index in [0.29, 0.717) is 12.1 Å². The number of carbonyl (C=O) groups is 3. The maximum absolute atomic E-state index is 12.4. The second kappa shape index (κ2) is 8.63. The first-order valence-corrected chi connectivity index (χ1v) is 7.97. The summed E-state index contributed by atoms with van der Waals surface area (Å²) in [7, 11) is 0. The lowest BCUT2D eigenvalue weighted by molar-refractivity contribution is -0.139. The van der Waals surface area contributed by atoms with Gasteiger partial charge in [0, 0.05) is 24.1 Å². The van der Waals surface area contributed by atoms with Gasteiger partial charge in [-0.1, -0.05) is 43.3 Å². The van der Waals surface area contributed by atoms with Gasteiger partial charge in [-0.3, -0.25) is 9.59 Å². The summed E-state index contributed by atoms with van der Waals surface area (Å²) in [6.07, 6.45) is 0.517. The maximum atomic E-state index is 12.4. The van der Waals surface area contributed by atoms with Crippen LogP contribution in [0.25, 0.3) is 0 Å². The van der Waals surface area contributed by atoms with Crippen molar-refractivity contribution in [2.75, 3.05) is 5.32 Å². The minimum Gasteiger partial charge on any atom is -0.480 e. The van der Waals surface area contributed by atoms with Crippen molar-refractivity contribution in [1.82, 2.24) is 5.32 Å². The van der Waals surface area contributed by atoms with Crippen LogP contribution in [0.1, 0.15) is 29.3 Å². The van der Waals surface area contributed by atoms with Crippen LogP contribution >= 0.6 is 0 Å². The summed E-state index contributed by atoms with van der Waals surface area (Å²) in [4.78, 5) is 35.3. The molecule has 25 heavy (non-hydrogen) atoms. The van der Waals surface area contributed by atoms with E-state index in [4.69, 9.17) is 0 Å². The number of amides is 2. The molecule has 6 nitrogen and oxygen atoms in total. The molecule has 0 saturated carbocycles. The third-order valence-electron chi connectivity index (χ3n) is 3.62. The number of hydrogen-bond donors (Lipinski definition) is 3. The number of hydrogen-bond acceptors (Lipinski definition) is 3. The summed E-state index contributed by atoms with van der Waals surface area (Å²) >= 11 is 0. The molecule has 0 bridgehead atoms. The van der Waals surface area contributed by atoms with Gasteiger partial charge in [-0.25, -0.2) is 4.79 Å². The number of carboxylic acids is 1. The quantitative estimate of drug-likeness (QED) is 0.721. The number of anilines is 1. The largest absolute Gasteiger partial charge is 0.480 e. The summed E-state index contributed by atoms with van der Waals surface area (Å²) < 4.78 is 0. The number of benzene rings is 2. The number of rotatable bonds is 7. The van der Waals surface area contributed by atoms with Crippen molar-refractivity contribution >= 4 is 23.5 Å². The molecule has 1 unspecified atom stereocenters. The van der Waals surface area contributed by atoms with E-state index in [-0.39, 0.29) is 17.9 Å². The Balaban J connectivity index is 2.09. The van der Waals surface area contributed by atoms with Crippen molar-refractivity contribution in [3.63, 3.8) is 0 Å². The van der Waals surface area contributed by atoms with Crippen LogP contribution < -0.4 is 10.6 Å². The maximum Gasteiger partial charge on any atom is 0.326 e. The molecular weight excluding hydrogens is 320 g/mol. The average molecular weight is 340 g/mol. The van der Waals surface area contributed by atoms with Gasteiger partial charge in [0.2, 0.25) is 5.91 Å². The molecule has 0 aromatic heterocycles. The summed E-state index contributed by atoms with van der Waals surface area (Å²) in [5.74, 6) is -1.77.